The third kappa shape index (κ3) is 3.50. The summed E-state index contributed by atoms with van der Waals surface area (Å²) in [5.74, 6) is 0.668. The molecule has 3 rings (SSSR count). The largest absolute Gasteiger partial charge is 0.497 e. The predicted octanol–water partition coefficient (Wildman–Crippen LogP) is 2.11. The summed E-state index contributed by atoms with van der Waals surface area (Å²) in [5, 5.41) is 9.30. The van der Waals surface area contributed by atoms with Crippen molar-refractivity contribution in [2.45, 2.75) is 0 Å². The molecule has 0 unspecified atom stereocenters. The molecule has 1 saturated heterocycles. The minimum Gasteiger partial charge on any atom is -0.497 e. The predicted molar refractivity (Wildman–Crippen MR) is 96.7 cm³/mol. The molecule has 2 N–H and O–H groups in total. The summed E-state index contributed by atoms with van der Waals surface area (Å²) in [6.45, 7) is 2.55. The first kappa shape index (κ1) is 16.7. The van der Waals surface area contributed by atoms with E-state index in [4.69, 9.17) is 10.5 Å². The monoisotopic (exact) mass is 336 g/mol. The molecule has 1 fully saturated rings. The Hall–Kier alpha value is -3.20. The lowest BCUT2D eigenvalue weighted by atomic mass is 10.1. The van der Waals surface area contributed by atoms with Gasteiger partial charge in [-0.1, -0.05) is 6.07 Å². The Morgan fingerprint density at radius 3 is 2.60 bits per heavy atom. The molecular weight excluding hydrogens is 316 g/mol. The van der Waals surface area contributed by atoms with E-state index in [0.29, 0.717) is 48.7 Å². The minimum atomic E-state index is -0.00337. The van der Waals surface area contributed by atoms with Crippen LogP contribution < -0.4 is 15.4 Å². The SMILES string of the molecule is COc1cccc(C(=O)N2CCN(c3ccc(N)cc3C#N)CC2)c1. The van der Waals surface area contributed by atoms with Crippen molar-refractivity contribution in [2.24, 2.45) is 0 Å². The summed E-state index contributed by atoms with van der Waals surface area (Å²) in [6.07, 6.45) is 0. The Bertz CT molecular complexity index is 820. The third-order valence-corrected chi connectivity index (χ3v) is 4.37. The number of benzene rings is 2. The van der Waals surface area contributed by atoms with Crippen molar-refractivity contribution in [3.05, 3.63) is 53.6 Å². The molecule has 1 aliphatic heterocycles. The number of nitrogen functional groups attached to an aromatic ring is 1. The molecule has 1 heterocycles. The number of nitriles is 1. The van der Waals surface area contributed by atoms with Crippen molar-refractivity contribution in [1.29, 1.82) is 5.26 Å². The van der Waals surface area contributed by atoms with Gasteiger partial charge in [0, 0.05) is 37.4 Å². The van der Waals surface area contributed by atoms with Crippen LogP contribution in [0.2, 0.25) is 0 Å². The van der Waals surface area contributed by atoms with Gasteiger partial charge in [0.1, 0.15) is 11.8 Å². The van der Waals surface area contributed by atoms with Gasteiger partial charge in [-0.25, -0.2) is 0 Å². The van der Waals surface area contributed by atoms with Crippen molar-refractivity contribution in [1.82, 2.24) is 4.90 Å². The first-order valence-electron chi connectivity index (χ1n) is 8.10. The van der Waals surface area contributed by atoms with E-state index in [1.807, 2.05) is 23.1 Å². The fourth-order valence-corrected chi connectivity index (χ4v) is 3.01. The fourth-order valence-electron chi connectivity index (χ4n) is 3.01. The third-order valence-electron chi connectivity index (χ3n) is 4.37. The van der Waals surface area contributed by atoms with Crippen molar-refractivity contribution < 1.29 is 9.53 Å². The van der Waals surface area contributed by atoms with Crippen LogP contribution in [-0.2, 0) is 0 Å². The number of nitrogens with two attached hydrogens (primary N) is 1. The van der Waals surface area contributed by atoms with Gasteiger partial charge in [-0.05, 0) is 36.4 Å². The first-order valence-corrected chi connectivity index (χ1v) is 8.10. The van der Waals surface area contributed by atoms with Gasteiger partial charge in [0.2, 0.25) is 0 Å². The quantitative estimate of drug-likeness (QED) is 0.868. The fraction of sp³-hybridized carbons (Fsp3) is 0.263. The zero-order chi connectivity index (χ0) is 17.8. The van der Waals surface area contributed by atoms with Crippen molar-refractivity contribution >= 4 is 17.3 Å². The molecule has 1 aliphatic rings. The lowest BCUT2D eigenvalue weighted by Gasteiger charge is -2.36. The maximum atomic E-state index is 12.7. The van der Waals surface area contributed by atoms with Crippen LogP contribution in [0, 0.1) is 11.3 Å². The van der Waals surface area contributed by atoms with Gasteiger partial charge in [0.25, 0.3) is 5.91 Å². The van der Waals surface area contributed by atoms with Gasteiger partial charge in [-0.2, -0.15) is 5.26 Å². The smallest absolute Gasteiger partial charge is 0.254 e. The van der Waals surface area contributed by atoms with Crippen LogP contribution >= 0.6 is 0 Å². The topological polar surface area (TPSA) is 82.6 Å². The number of carbonyl (C=O) groups is 1. The van der Waals surface area contributed by atoms with Gasteiger partial charge < -0.3 is 20.3 Å². The van der Waals surface area contributed by atoms with Gasteiger partial charge in [0.05, 0.1) is 18.4 Å². The lowest BCUT2D eigenvalue weighted by molar-refractivity contribution is 0.0746. The van der Waals surface area contributed by atoms with Gasteiger partial charge in [-0.3, -0.25) is 4.79 Å². The molecule has 0 aromatic heterocycles. The number of hydrogen-bond donors (Lipinski definition) is 1. The highest BCUT2D eigenvalue weighted by Gasteiger charge is 2.23. The Balaban J connectivity index is 1.69. The molecule has 6 heteroatoms. The summed E-state index contributed by atoms with van der Waals surface area (Å²) in [6, 6.07) is 14.7. The number of carbonyl (C=O) groups excluding carboxylic acids is 1. The highest BCUT2D eigenvalue weighted by molar-refractivity contribution is 5.94. The van der Waals surface area contributed by atoms with Gasteiger partial charge in [0.15, 0.2) is 0 Å². The molecule has 1 amide bonds. The Kier molecular flexibility index (Phi) is 4.75. The average molecular weight is 336 g/mol. The van der Waals surface area contributed by atoms with E-state index in [-0.39, 0.29) is 5.91 Å². The van der Waals surface area contributed by atoms with Crippen molar-refractivity contribution in [3.8, 4) is 11.8 Å². The van der Waals surface area contributed by atoms with Gasteiger partial charge in [-0.15, -0.1) is 0 Å². The number of amides is 1. The minimum absolute atomic E-state index is 0.00337. The number of piperazine rings is 1. The normalized spacial score (nSPS) is 14.1. The summed E-state index contributed by atoms with van der Waals surface area (Å²) in [4.78, 5) is 16.6. The highest BCUT2D eigenvalue weighted by Crippen LogP contribution is 2.24. The maximum absolute atomic E-state index is 12.7. The van der Waals surface area contributed by atoms with E-state index in [0.717, 1.165) is 5.69 Å². The molecule has 0 bridgehead atoms. The van der Waals surface area contributed by atoms with E-state index < -0.39 is 0 Å². The number of methoxy groups -OCH3 is 1. The molecule has 2 aromatic carbocycles. The second kappa shape index (κ2) is 7.14. The molecule has 0 aliphatic carbocycles. The zero-order valence-corrected chi connectivity index (χ0v) is 14.1. The summed E-state index contributed by atoms with van der Waals surface area (Å²) < 4.78 is 5.18. The van der Waals surface area contributed by atoms with Crippen LogP contribution in [-0.4, -0.2) is 44.1 Å². The number of hydrogen-bond acceptors (Lipinski definition) is 5. The summed E-state index contributed by atoms with van der Waals surface area (Å²) in [7, 11) is 1.59. The molecule has 0 atom stereocenters. The van der Waals surface area contributed by atoms with Crippen LogP contribution in [0.3, 0.4) is 0 Å². The molecule has 0 saturated carbocycles. The standard InChI is InChI=1S/C19H20N4O2/c1-25-17-4-2-3-14(12-17)19(24)23-9-7-22(8-10-23)18-6-5-16(21)11-15(18)13-20/h2-6,11-12H,7-10,21H2,1H3. The van der Waals surface area contributed by atoms with Crippen molar-refractivity contribution in [3.63, 3.8) is 0 Å². The van der Waals surface area contributed by atoms with Crippen molar-refractivity contribution in [2.75, 3.05) is 43.9 Å². The van der Waals surface area contributed by atoms with Crippen LogP contribution in [0.5, 0.6) is 5.75 Å². The Labute approximate surface area is 147 Å². The van der Waals surface area contributed by atoms with E-state index in [9.17, 15) is 10.1 Å². The van der Waals surface area contributed by atoms with E-state index in [2.05, 4.69) is 11.0 Å². The average Bonchev–Trinajstić information content (AvgIpc) is 2.67. The summed E-state index contributed by atoms with van der Waals surface area (Å²) >= 11 is 0. The highest BCUT2D eigenvalue weighted by atomic mass is 16.5. The Morgan fingerprint density at radius 2 is 1.92 bits per heavy atom. The number of rotatable bonds is 3. The number of nitrogens with zero attached hydrogens (tertiary/aromatic N) is 3. The molecular formula is C19H20N4O2. The molecule has 0 radical (unpaired) electrons. The van der Waals surface area contributed by atoms with Crippen LogP contribution in [0.4, 0.5) is 11.4 Å². The van der Waals surface area contributed by atoms with Crippen LogP contribution in [0.1, 0.15) is 15.9 Å². The van der Waals surface area contributed by atoms with Gasteiger partial charge >= 0.3 is 0 Å². The van der Waals surface area contributed by atoms with Crippen LogP contribution in [0.25, 0.3) is 0 Å². The molecule has 2 aromatic rings. The first-order chi connectivity index (χ1) is 12.1. The number of ether oxygens (including phenoxy) is 1. The Morgan fingerprint density at radius 1 is 1.16 bits per heavy atom. The van der Waals surface area contributed by atoms with E-state index in [1.54, 1.807) is 31.4 Å². The van der Waals surface area contributed by atoms with Crippen LogP contribution in [0.15, 0.2) is 42.5 Å². The second-order valence-electron chi connectivity index (χ2n) is 5.90. The molecule has 128 valence electrons. The van der Waals surface area contributed by atoms with E-state index >= 15 is 0 Å². The molecule has 0 spiro atoms. The number of anilines is 2. The van der Waals surface area contributed by atoms with E-state index in [1.165, 1.54) is 0 Å². The molecule has 25 heavy (non-hydrogen) atoms. The second-order valence-corrected chi connectivity index (χ2v) is 5.90. The summed E-state index contributed by atoms with van der Waals surface area (Å²) in [5.41, 5.74) is 8.38. The molecule has 6 nitrogen and oxygen atoms in total. The maximum Gasteiger partial charge on any atom is 0.254 e. The lowest BCUT2D eigenvalue weighted by Crippen LogP contribution is -2.49. The zero-order valence-electron chi connectivity index (χ0n) is 14.1.